The van der Waals surface area contributed by atoms with E-state index in [0.29, 0.717) is 0 Å². The summed E-state index contributed by atoms with van der Waals surface area (Å²) in [5.74, 6) is 0. The van der Waals surface area contributed by atoms with E-state index in [1.807, 2.05) is 0 Å². The Balaban J connectivity index is -0.0000000383. The van der Waals surface area contributed by atoms with Crippen LogP contribution in [0.4, 0.5) is 13.2 Å². The van der Waals surface area contributed by atoms with E-state index in [0.717, 1.165) is 0 Å². The normalized spacial score (nSPS) is 8.55. The molecule has 0 rings (SSSR count). The van der Waals surface area contributed by atoms with Crippen molar-refractivity contribution in [1.29, 1.82) is 0 Å². The summed E-state index contributed by atoms with van der Waals surface area (Å²) >= 11 is 0. The molecule has 0 aliphatic rings. The third kappa shape index (κ3) is 395. The van der Waals surface area contributed by atoms with Crippen LogP contribution in [0.15, 0.2) is 0 Å². The molecule has 58 valence electrons. The molecule has 4 nitrogen and oxygen atoms in total. The van der Waals surface area contributed by atoms with E-state index in [4.69, 9.17) is 17.5 Å². The fourth-order valence-electron chi connectivity index (χ4n) is 0. The summed E-state index contributed by atoms with van der Waals surface area (Å²) in [5, 5.41) is 0. The minimum absolute atomic E-state index is 0. The second-order valence-corrected chi connectivity index (χ2v) is 1.47. The van der Waals surface area contributed by atoms with Crippen LogP contribution in [0.1, 0.15) is 0 Å². The van der Waals surface area contributed by atoms with Crippen molar-refractivity contribution < 1.29 is 89.8 Å². The first-order valence-electron chi connectivity index (χ1n) is 1.32. The maximum atomic E-state index is 9.67. The second-order valence-electron chi connectivity index (χ2n) is 0.656. The molecule has 0 saturated heterocycles. The molecule has 0 aromatic heterocycles. The van der Waals surface area contributed by atoms with Gasteiger partial charge in [0.05, 0.1) is 0 Å². The number of rotatable bonds is 0. The Bertz CT molecular complexity index is 135. The van der Waals surface area contributed by atoms with E-state index in [9.17, 15) is 13.2 Å². The van der Waals surface area contributed by atoms with Crippen LogP contribution in [0.25, 0.3) is 0 Å². The fraction of sp³-hybridized carbons (Fsp3) is 1.00. The smallest absolute Gasteiger partial charge is 0.759 e. The molecule has 0 aliphatic carbocycles. The molecule has 0 heterocycles. The van der Waals surface area contributed by atoms with Crippen LogP contribution in [-0.2, 0) is 10.4 Å². The molecular formula is CHF3Na2O4S. The molecular weight excluding hydrogens is 211 g/mol. The van der Waals surface area contributed by atoms with Crippen LogP contribution in [-0.4, -0.2) is 24.2 Å². The molecule has 0 saturated carbocycles. The Morgan fingerprint density at radius 2 is 1.00 bits per heavy atom. The van der Waals surface area contributed by atoms with Gasteiger partial charge in [-0.15, -0.1) is 0 Å². The molecule has 0 radical (unpaired) electrons. The summed E-state index contributed by atoms with van der Waals surface area (Å²) < 4.78 is 63.1. The van der Waals surface area contributed by atoms with Gasteiger partial charge in [0.1, 0.15) is 0 Å². The first-order valence-corrected chi connectivity index (χ1v) is 2.65. The van der Waals surface area contributed by atoms with Gasteiger partial charge in [-0.25, -0.2) is 0 Å². The minimum atomic E-state index is -5.17. The van der Waals surface area contributed by atoms with Crippen molar-refractivity contribution in [1.82, 2.24) is 0 Å². The largest absolute Gasteiger partial charge is 1.00 e. The Labute approximate surface area is 106 Å². The number of alkyl halides is 3. The molecule has 0 bridgehead atoms. The van der Waals surface area contributed by atoms with E-state index in [1.54, 1.807) is 0 Å². The molecule has 0 fully saturated rings. The number of hydrogen-bond acceptors (Lipinski definition) is 4. The van der Waals surface area contributed by atoms with Crippen molar-refractivity contribution in [3.63, 3.8) is 0 Å². The summed E-state index contributed by atoms with van der Waals surface area (Å²) in [7, 11) is -5.17. The van der Waals surface area contributed by atoms with E-state index in [2.05, 4.69) is 0 Å². The zero-order valence-electron chi connectivity index (χ0n) is 5.75. The number of halogens is 3. The van der Waals surface area contributed by atoms with Gasteiger partial charge in [-0.2, -0.15) is 13.2 Å². The van der Waals surface area contributed by atoms with Gasteiger partial charge >= 0.3 is 65.8 Å². The molecule has 0 spiro atoms. The van der Waals surface area contributed by atoms with E-state index >= 15 is 0 Å². The molecule has 0 aromatic carbocycles. The fourth-order valence-corrected chi connectivity index (χ4v) is 0. The summed E-state index contributed by atoms with van der Waals surface area (Å²) in [6.07, 6.45) is 0. The zero-order valence-corrected chi connectivity index (χ0v) is 10.6. The molecule has 0 amide bonds. The maximum absolute atomic E-state index is 9.67. The molecule has 11 heavy (non-hydrogen) atoms. The van der Waals surface area contributed by atoms with Crippen molar-refractivity contribution in [2.45, 2.75) is 6.68 Å². The van der Waals surface area contributed by atoms with Crippen LogP contribution in [0.2, 0.25) is 0 Å². The van der Waals surface area contributed by atoms with Crippen molar-refractivity contribution in [3.8, 4) is 0 Å². The Morgan fingerprint density at radius 3 is 1.00 bits per heavy atom. The van der Waals surface area contributed by atoms with Gasteiger partial charge in [0.2, 0.25) is 0 Å². The van der Waals surface area contributed by atoms with Gasteiger partial charge in [0.15, 0.2) is 0 Å². The maximum Gasteiger partial charge on any atom is 1.00 e. The summed E-state index contributed by atoms with van der Waals surface area (Å²) in [6.45, 7) is -3.67. The van der Waals surface area contributed by atoms with Crippen LogP contribution < -0.4 is 59.1 Å². The Morgan fingerprint density at radius 1 is 1.00 bits per heavy atom. The van der Waals surface area contributed by atoms with Crippen molar-refractivity contribution >= 4 is 10.4 Å². The summed E-state index contributed by atoms with van der Waals surface area (Å²) in [5.41, 5.74) is 0. The third-order valence-electron chi connectivity index (χ3n) is 0. The molecule has 0 atom stereocenters. The predicted octanol–water partition coefficient (Wildman–Crippen LogP) is -6.15. The van der Waals surface area contributed by atoms with Crippen molar-refractivity contribution in [2.75, 3.05) is 0 Å². The van der Waals surface area contributed by atoms with Crippen LogP contribution in [0.3, 0.4) is 0 Å². The standard InChI is InChI=1S/CHF3.2Na.H2O4S/c2-1(3)4;;;1-5(2,3)4/h1H;;;(H2,1,2,3,4)/q;2*+1;/p-2. The molecule has 10 heteroatoms. The van der Waals surface area contributed by atoms with Gasteiger partial charge in [0.25, 0.3) is 0 Å². The zero-order chi connectivity index (χ0) is 8.08. The average Bonchev–Trinajstić information content (AvgIpc) is 1.19. The number of hydrogen-bond donors (Lipinski definition) is 0. The van der Waals surface area contributed by atoms with E-state index in [-0.39, 0.29) is 59.1 Å². The van der Waals surface area contributed by atoms with Crippen LogP contribution in [0, 0.1) is 0 Å². The summed E-state index contributed by atoms with van der Waals surface area (Å²) in [6, 6.07) is 0. The topological polar surface area (TPSA) is 80.3 Å². The van der Waals surface area contributed by atoms with Gasteiger partial charge in [-0.3, -0.25) is 8.42 Å². The van der Waals surface area contributed by atoms with Crippen molar-refractivity contribution in [2.24, 2.45) is 0 Å². The third-order valence-corrected chi connectivity index (χ3v) is 0. The monoisotopic (exact) mass is 212 g/mol. The van der Waals surface area contributed by atoms with Gasteiger partial charge in [0, 0.05) is 10.4 Å². The quantitative estimate of drug-likeness (QED) is 0.227. The van der Waals surface area contributed by atoms with Gasteiger partial charge in [-0.05, 0) is 0 Å². The predicted molar refractivity (Wildman–Crippen MR) is 17.6 cm³/mol. The second kappa shape index (κ2) is 11.7. The van der Waals surface area contributed by atoms with E-state index < -0.39 is 17.1 Å². The molecule has 0 aromatic rings. The Kier molecular flexibility index (Phi) is 24.3. The van der Waals surface area contributed by atoms with E-state index in [1.165, 1.54) is 0 Å². The molecule has 0 N–H and O–H groups in total. The molecule has 0 aliphatic heterocycles. The molecule has 0 unspecified atom stereocenters. The Hall–Kier alpha value is 1.66. The SMILES string of the molecule is FC(F)F.O=S(=O)([O-])[O-].[Na+].[Na+]. The van der Waals surface area contributed by atoms with Crippen molar-refractivity contribution in [3.05, 3.63) is 0 Å². The van der Waals surface area contributed by atoms with Crippen LogP contribution in [0.5, 0.6) is 0 Å². The average molecular weight is 212 g/mol. The van der Waals surface area contributed by atoms with Crippen LogP contribution >= 0.6 is 0 Å². The minimum Gasteiger partial charge on any atom is -0.759 e. The first-order chi connectivity index (χ1) is 3.73. The summed E-state index contributed by atoms with van der Waals surface area (Å²) in [4.78, 5) is 0. The van der Waals surface area contributed by atoms with Gasteiger partial charge < -0.3 is 9.11 Å². The van der Waals surface area contributed by atoms with Gasteiger partial charge in [-0.1, -0.05) is 0 Å². The first kappa shape index (κ1) is 23.0.